The number of carbonyl (C=O) groups is 1. The highest BCUT2D eigenvalue weighted by atomic mass is 32.1. The highest BCUT2D eigenvalue weighted by Crippen LogP contribution is 2.32. The molecule has 0 bridgehead atoms. The highest BCUT2D eigenvalue weighted by Gasteiger charge is 2.33. The van der Waals surface area contributed by atoms with Gasteiger partial charge in [-0.3, -0.25) is 23.6 Å². The summed E-state index contributed by atoms with van der Waals surface area (Å²) in [5.74, 6) is 0.390. The first-order chi connectivity index (χ1) is 16.8. The van der Waals surface area contributed by atoms with Gasteiger partial charge in [0.15, 0.2) is 0 Å². The zero-order chi connectivity index (χ0) is 24.9. The van der Waals surface area contributed by atoms with Crippen molar-refractivity contribution in [1.82, 2.24) is 23.7 Å². The van der Waals surface area contributed by atoms with Crippen molar-refractivity contribution in [2.75, 3.05) is 13.2 Å². The molecule has 3 aromatic heterocycles. The van der Waals surface area contributed by atoms with Gasteiger partial charge < -0.3 is 9.67 Å². The monoisotopic (exact) mass is 497 g/mol. The maximum atomic E-state index is 13.7. The van der Waals surface area contributed by atoms with Crippen molar-refractivity contribution in [3.05, 3.63) is 61.4 Å². The molecule has 1 aliphatic heterocycles. The second-order valence-electron chi connectivity index (χ2n) is 8.64. The summed E-state index contributed by atoms with van der Waals surface area (Å²) in [5, 5.41) is 11.2. The van der Waals surface area contributed by atoms with Gasteiger partial charge in [0.25, 0.3) is 11.5 Å². The number of carbonyl (C=O) groups excluding carboxylic acids is 1. The van der Waals surface area contributed by atoms with Gasteiger partial charge in [-0.05, 0) is 25.5 Å². The zero-order valence-corrected chi connectivity index (χ0v) is 20.7. The van der Waals surface area contributed by atoms with Crippen molar-refractivity contribution in [3.63, 3.8) is 0 Å². The van der Waals surface area contributed by atoms with E-state index in [1.807, 2.05) is 31.2 Å². The number of benzene rings is 1. The molecule has 1 aromatic carbocycles. The predicted octanol–water partition coefficient (Wildman–Crippen LogP) is 1.88. The average molecular weight is 498 g/mol. The molecule has 1 atom stereocenters. The van der Waals surface area contributed by atoms with Crippen LogP contribution in [0.25, 0.3) is 21.3 Å². The van der Waals surface area contributed by atoms with Crippen molar-refractivity contribution in [1.29, 1.82) is 0 Å². The molecule has 0 aliphatic carbocycles. The molecule has 0 unspecified atom stereocenters. The number of hydrogen-bond acceptors (Lipinski definition) is 7. The lowest BCUT2D eigenvalue weighted by Crippen LogP contribution is -2.38. The molecule has 4 heterocycles. The van der Waals surface area contributed by atoms with Crippen LogP contribution in [0.15, 0.2) is 33.9 Å². The standard InChI is InChI=1S/C24H27N5O5S/c1-4-8-18-25-15-9-6-7-10-16(15)28(18)12-17-19(22(32)29-11-14(30)13-34-29)20-21(31)26(3)24(33)27(5-2)23(20)35-17/h6-7,9-10,14,30H,4-5,8,11-13H2,1-3H3/t14-/m0/s1. The van der Waals surface area contributed by atoms with Crippen molar-refractivity contribution in [2.45, 2.75) is 45.9 Å². The van der Waals surface area contributed by atoms with Crippen molar-refractivity contribution in [2.24, 2.45) is 7.05 Å². The van der Waals surface area contributed by atoms with Crippen LogP contribution in [0.5, 0.6) is 0 Å². The van der Waals surface area contributed by atoms with Crippen LogP contribution in [0.1, 0.15) is 41.3 Å². The number of nitrogens with zero attached hydrogens (tertiary/aromatic N) is 5. The molecule has 0 spiro atoms. The fraction of sp³-hybridized carbons (Fsp3) is 0.417. The van der Waals surface area contributed by atoms with Crippen LogP contribution in [0.2, 0.25) is 0 Å². The van der Waals surface area contributed by atoms with E-state index in [-0.39, 0.29) is 24.1 Å². The largest absolute Gasteiger partial charge is 0.389 e. The van der Waals surface area contributed by atoms with E-state index in [9.17, 15) is 19.5 Å². The Morgan fingerprint density at radius 3 is 2.69 bits per heavy atom. The summed E-state index contributed by atoms with van der Waals surface area (Å²) in [7, 11) is 1.42. The van der Waals surface area contributed by atoms with Crippen LogP contribution in [0.4, 0.5) is 0 Å². The molecular formula is C24H27N5O5S. The van der Waals surface area contributed by atoms with Gasteiger partial charge in [-0.25, -0.2) is 14.8 Å². The number of amides is 1. The fourth-order valence-electron chi connectivity index (χ4n) is 4.59. The minimum Gasteiger partial charge on any atom is -0.389 e. The van der Waals surface area contributed by atoms with Gasteiger partial charge in [0.05, 0.1) is 35.1 Å². The number of aliphatic hydroxyl groups is 1. The van der Waals surface area contributed by atoms with E-state index in [0.29, 0.717) is 22.8 Å². The normalized spacial score (nSPS) is 16.1. The summed E-state index contributed by atoms with van der Waals surface area (Å²) < 4.78 is 4.62. The van der Waals surface area contributed by atoms with Gasteiger partial charge >= 0.3 is 5.69 Å². The lowest BCUT2D eigenvalue weighted by Gasteiger charge is -2.15. The average Bonchev–Trinajstić information content (AvgIpc) is 3.54. The topological polar surface area (TPSA) is 112 Å². The summed E-state index contributed by atoms with van der Waals surface area (Å²) in [6, 6.07) is 7.81. The number of hydroxylamine groups is 2. The molecule has 0 radical (unpaired) electrons. The molecule has 5 rings (SSSR count). The van der Waals surface area contributed by atoms with Crippen molar-refractivity contribution in [3.8, 4) is 0 Å². The van der Waals surface area contributed by atoms with Crippen LogP contribution in [-0.2, 0) is 31.4 Å². The Balaban J connectivity index is 1.77. The van der Waals surface area contributed by atoms with Gasteiger partial charge in [-0.15, -0.1) is 11.3 Å². The third-order valence-corrected chi connectivity index (χ3v) is 7.51. The molecule has 184 valence electrons. The third kappa shape index (κ3) is 3.79. The van der Waals surface area contributed by atoms with E-state index in [1.165, 1.54) is 23.0 Å². The number of fused-ring (bicyclic) bond motifs is 2. The molecule has 35 heavy (non-hydrogen) atoms. The maximum absolute atomic E-state index is 13.7. The van der Waals surface area contributed by atoms with Crippen LogP contribution < -0.4 is 11.2 Å². The smallest absolute Gasteiger partial charge is 0.331 e. The van der Waals surface area contributed by atoms with Gasteiger partial charge in [-0.1, -0.05) is 19.1 Å². The number of thiophene rings is 1. The SMILES string of the molecule is CCCc1nc2ccccc2n1Cc1sc2c(c1C(=O)N1C[C@H](O)CO1)c(=O)n(C)c(=O)n2CC. The second-order valence-corrected chi connectivity index (χ2v) is 9.72. The Morgan fingerprint density at radius 2 is 2.00 bits per heavy atom. The van der Waals surface area contributed by atoms with E-state index >= 15 is 0 Å². The summed E-state index contributed by atoms with van der Waals surface area (Å²) in [4.78, 5) is 51.1. The molecule has 0 saturated carbocycles. The van der Waals surface area contributed by atoms with E-state index < -0.39 is 23.3 Å². The van der Waals surface area contributed by atoms with Gasteiger partial charge in [0.2, 0.25) is 0 Å². The highest BCUT2D eigenvalue weighted by molar-refractivity contribution is 7.19. The minimum absolute atomic E-state index is 0.00757. The summed E-state index contributed by atoms with van der Waals surface area (Å²) >= 11 is 1.27. The maximum Gasteiger partial charge on any atom is 0.331 e. The number of para-hydroxylation sites is 2. The van der Waals surface area contributed by atoms with Crippen LogP contribution >= 0.6 is 11.3 Å². The van der Waals surface area contributed by atoms with E-state index in [4.69, 9.17) is 9.82 Å². The minimum atomic E-state index is -0.794. The summed E-state index contributed by atoms with van der Waals surface area (Å²) in [6.45, 7) is 4.59. The Bertz CT molecular complexity index is 1560. The number of imidazole rings is 1. The Morgan fingerprint density at radius 1 is 1.23 bits per heavy atom. The number of hydrogen-bond donors (Lipinski definition) is 1. The van der Waals surface area contributed by atoms with Gasteiger partial charge in [0, 0.05) is 24.9 Å². The van der Waals surface area contributed by atoms with Crippen LogP contribution in [0, 0.1) is 0 Å². The first kappa shape index (κ1) is 23.5. The third-order valence-electron chi connectivity index (χ3n) is 6.31. The Hall–Kier alpha value is -3.28. The lowest BCUT2D eigenvalue weighted by molar-refractivity contribution is -0.0778. The van der Waals surface area contributed by atoms with Crippen LogP contribution in [0.3, 0.4) is 0 Å². The van der Waals surface area contributed by atoms with E-state index in [0.717, 1.165) is 39.3 Å². The second kappa shape index (κ2) is 9.06. The zero-order valence-electron chi connectivity index (χ0n) is 19.9. The number of aliphatic hydroxyl groups excluding tert-OH is 1. The molecule has 4 aromatic rings. The molecule has 1 amide bonds. The lowest BCUT2D eigenvalue weighted by atomic mass is 10.1. The first-order valence-electron chi connectivity index (χ1n) is 11.7. The molecule has 1 fully saturated rings. The first-order valence-corrected chi connectivity index (χ1v) is 12.5. The van der Waals surface area contributed by atoms with Crippen molar-refractivity contribution < 1.29 is 14.7 Å². The van der Waals surface area contributed by atoms with E-state index in [1.54, 1.807) is 0 Å². The molecule has 10 nitrogen and oxygen atoms in total. The fourth-order valence-corrected chi connectivity index (χ4v) is 5.92. The van der Waals surface area contributed by atoms with E-state index in [2.05, 4.69) is 11.5 Å². The Kier molecular flexibility index (Phi) is 6.07. The number of β-amino-alcohol motifs (C(OH)–C–C–N with tert-alkyl or cyclic N) is 1. The number of aromatic nitrogens is 4. The summed E-state index contributed by atoms with van der Waals surface area (Å²) in [6.07, 6.45) is 0.862. The molecule has 11 heteroatoms. The predicted molar refractivity (Wildman–Crippen MR) is 133 cm³/mol. The molecule has 1 aliphatic rings. The number of rotatable bonds is 6. The van der Waals surface area contributed by atoms with Gasteiger partial charge in [0.1, 0.15) is 23.4 Å². The summed E-state index contributed by atoms with van der Waals surface area (Å²) in [5.41, 5.74) is 1.05. The van der Waals surface area contributed by atoms with Gasteiger partial charge in [-0.2, -0.15) is 0 Å². The number of aryl methyl sites for hydroxylation is 2. The van der Waals surface area contributed by atoms with Crippen molar-refractivity contribution >= 4 is 38.5 Å². The van der Waals surface area contributed by atoms with Crippen LogP contribution in [-0.4, -0.2) is 54.0 Å². The molecule has 1 saturated heterocycles. The Labute approximate surface area is 204 Å². The quantitative estimate of drug-likeness (QED) is 0.435. The molecular weight excluding hydrogens is 470 g/mol. The molecule has 1 N–H and O–H groups in total.